The molecular weight excluding hydrogens is 471 g/mol. The summed E-state index contributed by atoms with van der Waals surface area (Å²) in [5.74, 6) is -0.740. The van der Waals surface area contributed by atoms with Crippen molar-refractivity contribution < 1.29 is 32.7 Å². The second kappa shape index (κ2) is 9.67. The van der Waals surface area contributed by atoms with E-state index in [1.807, 2.05) is 6.07 Å². The number of alkyl halides is 3. The summed E-state index contributed by atoms with van der Waals surface area (Å²) in [4.78, 5) is 38.1. The molecule has 0 aliphatic carbocycles. The van der Waals surface area contributed by atoms with E-state index < -0.39 is 17.8 Å². The van der Waals surface area contributed by atoms with E-state index in [-0.39, 0.29) is 53.8 Å². The molecule has 11 heteroatoms. The van der Waals surface area contributed by atoms with Crippen LogP contribution in [0.5, 0.6) is 0 Å². The minimum absolute atomic E-state index is 0.0272. The number of aliphatic hydroxyl groups excluding tert-OH is 1. The Bertz CT molecular complexity index is 1110. The lowest BCUT2D eigenvalue weighted by molar-refractivity contribution is -0.129. The molecule has 4 rings (SSSR count). The third-order valence-corrected chi connectivity index (χ3v) is 6.49. The molecule has 180 valence electrons. The molecule has 2 aliphatic rings. The van der Waals surface area contributed by atoms with Crippen molar-refractivity contribution in [2.45, 2.75) is 55.0 Å². The Hall–Kier alpha value is -3.05. The molecule has 2 heterocycles. The molecule has 0 spiro atoms. The lowest BCUT2D eigenvalue weighted by Gasteiger charge is -2.35. The zero-order valence-corrected chi connectivity index (χ0v) is 18.7. The van der Waals surface area contributed by atoms with Crippen molar-refractivity contribution in [2.24, 2.45) is 0 Å². The Morgan fingerprint density at radius 1 is 1.15 bits per heavy atom. The van der Waals surface area contributed by atoms with Crippen molar-refractivity contribution in [3.8, 4) is 0 Å². The fraction of sp³-hybridized carbons (Fsp3) is 0.348. The Morgan fingerprint density at radius 3 is 2.53 bits per heavy atom. The minimum atomic E-state index is -4.36. The zero-order valence-electron chi connectivity index (χ0n) is 17.9. The number of fused-ring (bicyclic) bond motifs is 1. The van der Waals surface area contributed by atoms with Crippen LogP contribution in [0.3, 0.4) is 0 Å². The van der Waals surface area contributed by atoms with Gasteiger partial charge in [-0.1, -0.05) is 24.3 Å². The average molecular weight is 494 g/mol. The third kappa shape index (κ3) is 5.71. The van der Waals surface area contributed by atoms with Gasteiger partial charge in [0.05, 0.1) is 12.5 Å². The van der Waals surface area contributed by atoms with Crippen LogP contribution in [0.15, 0.2) is 47.4 Å². The Labute approximate surface area is 197 Å². The lowest BCUT2D eigenvalue weighted by atomic mass is 10.0. The van der Waals surface area contributed by atoms with Crippen molar-refractivity contribution in [1.82, 2.24) is 15.5 Å². The van der Waals surface area contributed by atoms with Crippen molar-refractivity contribution in [3.05, 3.63) is 64.7 Å². The summed E-state index contributed by atoms with van der Waals surface area (Å²) >= 11 is -0.205. The quantitative estimate of drug-likeness (QED) is 0.538. The number of aliphatic hydroxyl groups is 1. The van der Waals surface area contributed by atoms with Crippen LogP contribution in [-0.2, 0) is 29.1 Å². The second-order valence-corrected chi connectivity index (χ2v) is 9.33. The van der Waals surface area contributed by atoms with Gasteiger partial charge in [-0.15, -0.1) is 0 Å². The SMILES string of the molecule is O=C(Cc1ccc(SC(F)(F)F)cc1)NCc1ccc2c(c1)CN(C1CCC(=O)NC1O)C2=O. The first-order valence-electron chi connectivity index (χ1n) is 10.6. The van der Waals surface area contributed by atoms with Gasteiger partial charge in [0.25, 0.3) is 5.91 Å². The fourth-order valence-corrected chi connectivity index (χ4v) is 4.67. The number of carbonyl (C=O) groups excluding carboxylic acids is 3. The summed E-state index contributed by atoms with van der Waals surface area (Å²) in [5, 5.41) is 15.4. The number of hydrogen-bond donors (Lipinski definition) is 3. The Balaban J connectivity index is 1.32. The molecule has 2 unspecified atom stereocenters. The number of halogens is 3. The van der Waals surface area contributed by atoms with Crippen molar-refractivity contribution in [3.63, 3.8) is 0 Å². The minimum Gasteiger partial charge on any atom is -0.372 e. The topological polar surface area (TPSA) is 98.7 Å². The number of nitrogens with one attached hydrogen (secondary N) is 2. The van der Waals surface area contributed by atoms with Crippen LogP contribution >= 0.6 is 11.8 Å². The van der Waals surface area contributed by atoms with Gasteiger partial charge in [0.2, 0.25) is 11.8 Å². The van der Waals surface area contributed by atoms with E-state index in [2.05, 4.69) is 10.6 Å². The van der Waals surface area contributed by atoms with Crippen LogP contribution in [0.1, 0.15) is 39.9 Å². The summed E-state index contributed by atoms with van der Waals surface area (Å²) in [6.07, 6.45) is -0.465. The van der Waals surface area contributed by atoms with E-state index in [1.165, 1.54) is 24.3 Å². The van der Waals surface area contributed by atoms with E-state index in [0.29, 0.717) is 24.1 Å². The molecule has 0 radical (unpaired) electrons. The van der Waals surface area contributed by atoms with E-state index in [9.17, 15) is 32.7 Å². The predicted molar refractivity (Wildman–Crippen MR) is 117 cm³/mol. The van der Waals surface area contributed by atoms with Crippen LogP contribution in [-0.4, -0.2) is 45.5 Å². The predicted octanol–water partition coefficient (Wildman–Crippen LogP) is 2.71. The van der Waals surface area contributed by atoms with Crippen LogP contribution < -0.4 is 10.6 Å². The van der Waals surface area contributed by atoms with Crippen LogP contribution in [0.2, 0.25) is 0 Å². The molecule has 3 amide bonds. The Kier molecular flexibility index (Phi) is 6.85. The number of carbonyl (C=O) groups is 3. The van der Waals surface area contributed by atoms with Gasteiger partial charge in [-0.05, 0) is 53.1 Å². The third-order valence-electron chi connectivity index (χ3n) is 5.75. The first-order valence-corrected chi connectivity index (χ1v) is 11.4. The highest BCUT2D eigenvalue weighted by molar-refractivity contribution is 8.00. The maximum atomic E-state index is 12.8. The monoisotopic (exact) mass is 493 g/mol. The smallest absolute Gasteiger partial charge is 0.372 e. The first kappa shape index (κ1) is 24.1. The molecule has 0 saturated carbocycles. The Morgan fingerprint density at radius 2 is 1.85 bits per heavy atom. The van der Waals surface area contributed by atoms with E-state index in [1.54, 1.807) is 17.0 Å². The van der Waals surface area contributed by atoms with E-state index in [0.717, 1.165) is 11.1 Å². The van der Waals surface area contributed by atoms with Crippen LogP contribution in [0.25, 0.3) is 0 Å². The number of rotatable bonds is 6. The summed E-state index contributed by atoms with van der Waals surface area (Å²) in [6, 6.07) is 10.4. The van der Waals surface area contributed by atoms with E-state index >= 15 is 0 Å². The van der Waals surface area contributed by atoms with Crippen molar-refractivity contribution in [2.75, 3.05) is 0 Å². The molecular formula is C23H22F3N3O4S. The van der Waals surface area contributed by atoms with Gasteiger partial charge in [-0.2, -0.15) is 13.2 Å². The number of nitrogens with zero attached hydrogens (tertiary/aromatic N) is 1. The molecule has 0 aromatic heterocycles. The maximum absolute atomic E-state index is 12.8. The number of benzene rings is 2. The van der Waals surface area contributed by atoms with Crippen molar-refractivity contribution in [1.29, 1.82) is 0 Å². The van der Waals surface area contributed by atoms with E-state index in [4.69, 9.17) is 0 Å². The van der Waals surface area contributed by atoms with Gasteiger partial charge >= 0.3 is 5.51 Å². The standard InChI is InChI=1S/C23H22F3N3O4S/c24-23(25,26)34-16-4-1-13(2-5-16)10-20(31)27-11-14-3-6-17-15(9-14)12-29(22(17)33)18-7-8-19(30)28-21(18)32/h1-6,9,18,21,32H,7-8,10-12H2,(H,27,31)(H,28,30). The normalized spacial score (nSPS) is 20.2. The van der Waals surface area contributed by atoms with Gasteiger partial charge in [0.15, 0.2) is 0 Å². The molecule has 2 atom stereocenters. The zero-order chi connectivity index (χ0) is 24.5. The summed E-state index contributed by atoms with van der Waals surface area (Å²) < 4.78 is 37.3. The molecule has 7 nitrogen and oxygen atoms in total. The first-order chi connectivity index (χ1) is 16.1. The molecule has 3 N–H and O–H groups in total. The molecule has 2 aliphatic heterocycles. The lowest BCUT2D eigenvalue weighted by Crippen LogP contribution is -2.55. The van der Waals surface area contributed by atoms with Gasteiger partial charge in [-0.3, -0.25) is 14.4 Å². The highest BCUT2D eigenvalue weighted by atomic mass is 32.2. The van der Waals surface area contributed by atoms with Crippen LogP contribution in [0, 0.1) is 0 Å². The molecule has 0 bridgehead atoms. The van der Waals surface area contributed by atoms with Gasteiger partial charge in [-0.25, -0.2) is 0 Å². The number of piperidine rings is 1. The second-order valence-electron chi connectivity index (χ2n) is 8.19. The number of amides is 3. The molecule has 1 fully saturated rings. The molecule has 34 heavy (non-hydrogen) atoms. The summed E-state index contributed by atoms with van der Waals surface area (Å²) in [6.45, 7) is 0.528. The van der Waals surface area contributed by atoms with Crippen molar-refractivity contribution >= 4 is 29.5 Å². The number of hydrogen-bond acceptors (Lipinski definition) is 5. The van der Waals surface area contributed by atoms with Crippen LogP contribution in [0.4, 0.5) is 13.2 Å². The summed E-state index contributed by atoms with van der Waals surface area (Å²) in [5.41, 5.74) is -1.68. The van der Waals surface area contributed by atoms with Gasteiger partial charge < -0.3 is 20.6 Å². The summed E-state index contributed by atoms with van der Waals surface area (Å²) in [7, 11) is 0. The maximum Gasteiger partial charge on any atom is 0.446 e. The van der Waals surface area contributed by atoms with Gasteiger partial charge in [0.1, 0.15) is 6.23 Å². The highest BCUT2D eigenvalue weighted by Gasteiger charge is 2.39. The molecule has 2 aromatic carbocycles. The van der Waals surface area contributed by atoms with Gasteiger partial charge in [0, 0.05) is 30.0 Å². The largest absolute Gasteiger partial charge is 0.446 e. The molecule has 1 saturated heterocycles. The fourth-order valence-electron chi connectivity index (χ4n) is 4.13. The molecule has 2 aromatic rings. The average Bonchev–Trinajstić information content (AvgIpc) is 3.08. The number of thioether (sulfide) groups is 1. The highest BCUT2D eigenvalue weighted by Crippen LogP contribution is 2.36.